The SMILES string of the molecule is C[Si](C)(C)Oc1cccc(C(F)([Si](C)(C)C)[Si](C)(C)C)c1. The van der Waals surface area contributed by atoms with Crippen LogP contribution in [-0.2, 0) is 4.92 Å². The van der Waals surface area contributed by atoms with Crippen LogP contribution >= 0.6 is 0 Å². The minimum atomic E-state index is -2.02. The largest absolute Gasteiger partial charge is 0.544 e. The monoisotopic (exact) mass is 342 g/mol. The Morgan fingerprint density at radius 1 is 0.857 bits per heavy atom. The molecule has 0 aliphatic rings. The summed E-state index contributed by atoms with van der Waals surface area (Å²) < 4.78 is 22.3. The molecule has 0 atom stereocenters. The predicted molar refractivity (Wildman–Crippen MR) is 99.9 cm³/mol. The third kappa shape index (κ3) is 4.08. The lowest BCUT2D eigenvalue weighted by Gasteiger charge is -2.45. The van der Waals surface area contributed by atoms with E-state index in [1.807, 2.05) is 24.3 Å². The van der Waals surface area contributed by atoms with E-state index in [9.17, 15) is 0 Å². The average Bonchev–Trinajstić information content (AvgIpc) is 2.22. The molecule has 0 aliphatic carbocycles. The fraction of sp³-hybridized carbons (Fsp3) is 0.625. The molecule has 0 unspecified atom stereocenters. The van der Waals surface area contributed by atoms with E-state index in [0.717, 1.165) is 11.3 Å². The van der Waals surface area contributed by atoms with E-state index >= 15 is 4.39 Å². The van der Waals surface area contributed by atoms with Crippen molar-refractivity contribution in [2.24, 2.45) is 0 Å². The Labute approximate surface area is 133 Å². The summed E-state index contributed by atoms with van der Waals surface area (Å²) >= 11 is 0. The third-order valence-corrected chi connectivity index (χ3v) is 13.8. The molecular weight excluding hydrogens is 311 g/mol. The van der Waals surface area contributed by atoms with Crippen LogP contribution in [0.4, 0.5) is 4.39 Å². The van der Waals surface area contributed by atoms with Gasteiger partial charge in [0.2, 0.25) is 8.32 Å². The second kappa shape index (κ2) is 5.66. The molecule has 0 aromatic heterocycles. The summed E-state index contributed by atoms with van der Waals surface area (Å²) in [4.78, 5) is -1.15. The molecule has 21 heavy (non-hydrogen) atoms. The standard InChI is InChI=1S/C16H31FOSi3/c1-19(2,3)16(17,20(4,5)6)14-11-10-12-15(13-14)18-21(7,8)9/h10-13H,1-9H3. The van der Waals surface area contributed by atoms with Crippen LogP contribution in [0.3, 0.4) is 0 Å². The lowest BCUT2D eigenvalue weighted by molar-refractivity contribution is 0.365. The molecule has 0 bridgehead atoms. The number of hydrogen-bond acceptors (Lipinski definition) is 1. The molecule has 1 nitrogen and oxygen atoms in total. The maximum atomic E-state index is 16.2. The van der Waals surface area contributed by atoms with Crippen molar-refractivity contribution in [1.82, 2.24) is 0 Å². The normalized spacial score (nSPS) is 14.2. The minimum Gasteiger partial charge on any atom is -0.544 e. The molecule has 0 saturated heterocycles. The van der Waals surface area contributed by atoms with Crippen molar-refractivity contribution in [3.05, 3.63) is 29.8 Å². The Bertz CT molecular complexity index is 481. The highest BCUT2D eigenvalue weighted by Crippen LogP contribution is 2.44. The van der Waals surface area contributed by atoms with E-state index in [-0.39, 0.29) is 0 Å². The molecule has 120 valence electrons. The van der Waals surface area contributed by atoms with Crippen molar-refractivity contribution in [3.63, 3.8) is 0 Å². The molecule has 0 aliphatic heterocycles. The number of benzene rings is 1. The van der Waals surface area contributed by atoms with Crippen LogP contribution in [0.5, 0.6) is 5.75 Å². The molecule has 0 saturated carbocycles. The molecule has 0 heterocycles. The molecule has 1 aromatic carbocycles. The highest BCUT2D eigenvalue weighted by molar-refractivity contribution is 6.97. The average molecular weight is 343 g/mol. The van der Waals surface area contributed by atoms with Gasteiger partial charge in [0.05, 0.1) is 16.1 Å². The maximum absolute atomic E-state index is 16.2. The number of rotatable bonds is 5. The van der Waals surface area contributed by atoms with Crippen molar-refractivity contribution in [1.29, 1.82) is 0 Å². The number of hydrogen-bond donors (Lipinski definition) is 0. The van der Waals surface area contributed by atoms with Crippen LogP contribution in [0.25, 0.3) is 0 Å². The lowest BCUT2D eigenvalue weighted by atomic mass is 10.2. The van der Waals surface area contributed by atoms with Crippen LogP contribution in [0.2, 0.25) is 58.9 Å². The molecule has 0 fully saturated rings. The topological polar surface area (TPSA) is 9.23 Å². The molecule has 5 heteroatoms. The predicted octanol–water partition coefficient (Wildman–Crippen LogP) is 5.82. The summed E-state index contributed by atoms with van der Waals surface area (Å²) in [7, 11) is -5.71. The van der Waals surface area contributed by atoms with E-state index in [1.54, 1.807) is 0 Å². The van der Waals surface area contributed by atoms with Gasteiger partial charge in [0.25, 0.3) is 0 Å². The fourth-order valence-electron chi connectivity index (χ4n) is 3.12. The van der Waals surface area contributed by atoms with Crippen LogP contribution in [0.1, 0.15) is 5.56 Å². The van der Waals surface area contributed by atoms with Gasteiger partial charge in [-0.25, -0.2) is 4.39 Å². The van der Waals surface area contributed by atoms with Gasteiger partial charge in [-0.15, -0.1) is 0 Å². The number of alkyl halides is 1. The first-order valence-corrected chi connectivity index (χ1v) is 18.1. The van der Waals surface area contributed by atoms with Gasteiger partial charge >= 0.3 is 0 Å². The van der Waals surface area contributed by atoms with Crippen molar-refractivity contribution in [3.8, 4) is 5.75 Å². The Morgan fingerprint density at radius 2 is 1.33 bits per heavy atom. The van der Waals surface area contributed by atoms with Crippen LogP contribution in [0.15, 0.2) is 24.3 Å². The summed E-state index contributed by atoms with van der Waals surface area (Å²) in [6.45, 7) is 19.3. The minimum absolute atomic E-state index is 0.824. The zero-order valence-electron chi connectivity index (χ0n) is 15.1. The Morgan fingerprint density at radius 3 is 1.71 bits per heavy atom. The first kappa shape index (κ1) is 18.6. The van der Waals surface area contributed by atoms with Gasteiger partial charge in [-0.2, -0.15) is 0 Å². The second-order valence-corrected chi connectivity index (χ2v) is 24.2. The molecule has 0 spiro atoms. The van der Waals surface area contributed by atoms with E-state index in [4.69, 9.17) is 4.43 Å². The summed E-state index contributed by atoms with van der Waals surface area (Å²) in [6.07, 6.45) is 0. The van der Waals surface area contributed by atoms with Gasteiger partial charge in [-0.05, 0) is 37.3 Å². The van der Waals surface area contributed by atoms with Gasteiger partial charge in [-0.3, -0.25) is 0 Å². The summed E-state index contributed by atoms with van der Waals surface area (Å²) in [5, 5.41) is 0. The Hall–Kier alpha value is -0.399. The highest BCUT2D eigenvalue weighted by atomic mass is 28.4. The lowest BCUT2D eigenvalue weighted by Crippen LogP contribution is -2.60. The van der Waals surface area contributed by atoms with Crippen LogP contribution in [-0.4, -0.2) is 24.5 Å². The van der Waals surface area contributed by atoms with Crippen molar-refractivity contribution in [2.45, 2.75) is 63.8 Å². The van der Waals surface area contributed by atoms with E-state index in [2.05, 4.69) is 58.9 Å². The highest BCUT2D eigenvalue weighted by Gasteiger charge is 2.54. The van der Waals surface area contributed by atoms with E-state index in [0.29, 0.717) is 0 Å². The smallest absolute Gasteiger partial charge is 0.242 e. The van der Waals surface area contributed by atoms with Crippen molar-refractivity contribution in [2.75, 3.05) is 0 Å². The third-order valence-electron chi connectivity index (χ3n) is 3.72. The van der Waals surface area contributed by atoms with E-state index in [1.165, 1.54) is 0 Å². The summed E-state index contributed by atoms with van der Waals surface area (Å²) in [6, 6.07) is 7.80. The van der Waals surface area contributed by atoms with Crippen LogP contribution in [0, 0.1) is 0 Å². The molecular formula is C16H31FOSi3. The quantitative estimate of drug-likeness (QED) is 0.613. The van der Waals surface area contributed by atoms with Gasteiger partial charge in [0.15, 0.2) is 0 Å². The van der Waals surface area contributed by atoms with Gasteiger partial charge < -0.3 is 4.43 Å². The number of halogens is 1. The fourth-order valence-corrected chi connectivity index (χ4v) is 15.0. The van der Waals surface area contributed by atoms with Crippen molar-refractivity contribution < 1.29 is 8.82 Å². The molecule has 0 radical (unpaired) electrons. The Balaban J connectivity index is 3.39. The molecule has 1 aromatic rings. The molecule has 0 amide bonds. The zero-order chi connectivity index (χ0) is 16.7. The Kier molecular flexibility index (Phi) is 5.03. The van der Waals surface area contributed by atoms with Gasteiger partial charge in [-0.1, -0.05) is 51.4 Å². The summed E-state index contributed by atoms with van der Waals surface area (Å²) in [5.74, 6) is 0.824. The first-order chi connectivity index (χ1) is 9.18. The second-order valence-electron chi connectivity index (χ2n) is 8.90. The molecule has 0 N–H and O–H groups in total. The maximum Gasteiger partial charge on any atom is 0.242 e. The molecule has 1 rings (SSSR count). The zero-order valence-corrected chi connectivity index (χ0v) is 18.1. The van der Waals surface area contributed by atoms with Crippen molar-refractivity contribution >= 4 is 24.5 Å². The van der Waals surface area contributed by atoms with Gasteiger partial charge in [0.1, 0.15) is 10.7 Å². The summed E-state index contributed by atoms with van der Waals surface area (Å²) in [5.41, 5.74) is 0.830. The first-order valence-electron chi connectivity index (χ1n) is 7.67. The van der Waals surface area contributed by atoms with Gasteiger partial charge in [0, 0.05) is 0 Å². The van der Waals surface area contributed by atoms with E-state index < -0.39 is 29.4 Å². The van der Waals surface area contributed by atoms with Crippen LogP contribution < -0.4 is 4.43 Å².